The number of nitrogens with zero attached hydrogens (tertiary/aromatic N) is 2. The highest BCUT2D eigenvalue weighted by atomic mass is 19.1. The van der Waals surface area contributed by atoms with Gasteiger partial charge in [-0.25, -0.2) is 4.39 Å². The smallest absolute Gasteiger partial charge is 0.269 e. The maximum Gasteiger partial charge on any atom is 0.269 e. The molecule has 8 heteroatoms. The minimum atomic E-state index is -1.80. The van der Waals surface area contributed by atoms with Gasteiger partial charge in [0.05, 0.1) is 11.0 Å². The number of rotatable bonds is 4. The number of carbonyl (C=O) groups excluding carboxylic acids is 3. The van der Waals surface area contributed by atoms with Crippen molar-refractivity contribution in [3.8, 4) is 0 Å². The molecule has 0 aromatic heterocycles. The van der Waals surface area contributed by atoms with Crippen molar-refractivity contribution in [1.29, 1.82) is 0 Å². The van der Waals surface area contributed by atoms with E-state index >= 15 is 0 Å². The van der Waals surface area contributed by atoms with Gasteiger partial charge in [0.25, 0.3) is 5.69 Å². The molecule has 0 saturated carbocycles. The molecule has 1 spiro atoms. The van der Waals surface area contributed by atoms with E-state index in [0.717, 1.165) is 0 Å². The van der Waals surface area contributed by atoms with Gasteiger partial charge < -0.3 is 4.90 Å². The molecule has 2 heterocycles. The normalized spacial score (nSPS) is 21.5. The van der Waals surface area contributed by atoms with E-state index in [1.165, 1.54) is 30.3 Å². The van der Waals surface area contributed by atoms with Crippen molar-refractivity contribution in [1.82, 2.24) is 0 Å². The van der Waals surface area contributed by atoms with Gasteiger partial charge in [-0.05, 0) is 23.8 Å². The number of hydrogen-bond acceptors (Lipinski definition) is 6. The first-order valence-electron chi connectivity index (χ1n) is 13.1. The summed E-state index contributed by atoms with van der Waals surface area (Å²) >= 11 is 0. The Morgan fingerprint density at radius 1 is 0.854 bits per heavy atom. The molecule has 0 bridgehead atoms. The monoisotopic (exact) mass is 544 g/mol. The molecular formula is C33H21FN2O5. The van der Waals surface area contributed by atoms with Crippen molar-refractivity contribution >= 4 is 34.8 Å². The highest BCUT2D eigenvalue weighted by Gasteiger charge is 2.71. The van der Waals surface area contributed by atoms with Crippen molar-refractivity contribution in [3.63, 3.8) is 0 Å². The van der Waals surface area contributed by atoms with Crippen LogP contribution >= 0.6 is 0 Å². The third-order valence-corrected chi connectivity index (χ3v) is 8.53. The molecule has 41 heavy (non-hydrogen) atoms. The Hall–Kier alpha value is -5.24. The second-order valence-electron chi connectivity index (χ2n) is 10.5. The number of benzene rings is 4. The zero-order valence-electron chi connectivity index (χ0n) is 21.4. The minimum Gasteiger partial charge on any atom is -0.352 e. The Morgan fingerprint density at radius 2 is 1.54 bits per heavy atom. The quantitative estimate of drug-likeness (QED) is 0.134. The fraction of sp³-hybridized carbons (Fsp3) is 0.121. The molecule has 7 nitrogen and oxygen atoms in total. The van der Waals surface area contributed by atoms with E-state index in [0.29, 0.717) is 22.4 Å². The predicted molar refractivity (Wildman–Crippen MR) is 150 cm³/mol. The van der Waals surface area contributed by atoms with Crippen molar-refractivity contribution in [2.45, 2.75) is 18.0 Å². The van der Waals surface area contributed by atoms with Crippen LogP contribution in [0.2, 0.25) is 0 Å². The summed E-state index contributed by atoms with van der Waals surface area (Å²) in [7, 11) is 0. The van der Waals surface area contributed by atoms with Crippen molar-refractivity contribution in [2.75, 3.05) is 4.90 Å². The van der Waals surface area contributed by atoms with Crippen LogP contribution in [-0.4, -0.2) is 34.4 Å². The first-order valence-corrected chi connectivity index (χ1v) is 13.1. The van der Waals surface area contributed by atoms with Gasteiger partial charge in [0, 0.05) is 46.0 Å². The highest BCUT2D eigenvalue weighted by molar-refractivity contribution is 6.32. The lowest BCUT2D eigenvalue weighted by atomic mass is 9.64. The number of nitro groups is 1. The molecule has 7 rings (SSSR count). The van der Waals surface area contributed by atoms with E-state index in [1.54, 1.807) is 83.8 Å². The predicted octanol–water partition coefficient (Wildman–Crippen LogP) is 6.05. The van der Waals surface area contributed by atoms with E-state index in [9.17, 15) is 28.9 Å². The van der Waals surface area contributed by atoms with Gasteiger partial charge in [-0.2, -0.15) is 0 Å². The summed E-state index contributed by atoms with van der Waals surface area (Å²) in [4.78, 5) is 56.7. The van der Waals surface area contributed by atoms with Gasteiger partial charge in [0.1, 0.15) is 17.3 Å². The number of non-ortho nitro benzene ring substituents is 1. The molecule has 200 valence electrons. The van der Waals surface area contributed by atoms with Crippen LogP contribution < -0.4 is 4.90 Å². The van der Waals surface area contributed by atoms with Crippen molar-refractivity contribution < 1.29 is 23.7 Å². The largest absolute Gasteiger partial charge is 0.352 e. The Bertz CT molecular complexity index is 1800. The Balaban J connectivity index is 1.57. The third kappa shape index (κ3) is 3.34. The van der Waals surface area contributed by atoms with Gasteiger partial charge >= 0.3 is 0 Å². The summed E-state index contributed by atoms with van der Waals surface area (Å²) in [6.07, 6.45) is 3.36. The Kier molecular flexibility index (Phi) is 5.37. The summed E-state index contributed by atoms with van der Waals surface area (Å²) in [5.41, 5.74) is 0.164. The summed E-state index contributed by atoms with van der Waals surface area (Å²) in [5, 5.41) is 11.8. The van der Waals surface area contributed by atoms with E-state index < -0.39 is 45.7 Å². The maximum atomic E-state index is 14.6. The van der Waals surface area contributed by atoms with Gasteiger partial charge in [0.15, 0.2) is 17.3 Å². The Labute approximate surface area is 233 Å². The molecule has 0 N–H and O–H groups in total. The second kappa shape index (κ2) is 8.89. The number of fused-ring (bicyclic) bond motifs is 5. The lowest BCUT2D eigenvalue weighted by Gasteiger charge is -2.37. The fourth-order valence-corrected chi connectivity index (χ4v) is 6.93. The zero-order chi connectivity index (χ0) is 28.5. The Morgan fingerprint density at radius 3 is 2.22 bits per heavy atom. The van der Waals surface area contributed by atoms with Crippen LogP contribution in [0.3, 0.4) is 0 Å². The first kappa shape index (κ1) is 24.8. The first-order chi connectivity index (χ1) is 19.8. The van der Waals surface area contributed by atoms with Crippen LogP contribution in [0.5, 0.6) is 0 Å². The van der Waals surface area contributed by atoms with E-state index in [-0.39, 0.29) is 22.6 Å². The molecule has 4 aromatic carbocycles. The molecule has 1 aliphatic carbocycles. The molecule has 0 amide bonds. The van der Waals surface area contributed by atoms with Crippen molar-refractivity contribution in [2.24, 2.45) is 5.41 Å². The molecule has 2 aliphatic heterocycles. The number of anilines is 1. The number of hydrogen-bond donors (Lipinski definition) is 0. The van der Waals surface area contributed by atoms with Gasteiger partial charge in [-0.15, -0.1) is 0 Å². The van der Waals surface area contributed by atoms with Crippen LogP contribution in [0.4, 0.5) is 15.8 Å². The van der Waals surface area contributed by atoms with Crippen LogP contribution in [-0.2, 0) is 0 Å². The molecule has 3 atom stereocenters. The molecule has 0 radical (unpaired) electrons. The van der Waals surface area contributed by atoms with Gasteiger partial charge in [-0.1, -0.05) is 78.9 Å². The molecule has 4 aromatic rings. The number of carbonyl (C=O) groups is 3. The highest BCUT2D eigenvalue weighted by Crippen LogP contribution is 2.61. The lowest BCUT2D eigenvalue weighted by molar-refractivity contribution is -0.384. The topological polar surface area (TPSA) is 97.6 Å². The molecule has 0 unspecified atom stereocenters. The SMILES string of the molecule is O=C(c1ccccc1)[C@H]1[C@H](c2cccc([N+](=O)[O-])c2)C2(C(=O)c3ccccc3C2=O)[C@H]2C=Cc3cc(F)ccc3N12. The maximum absolute atomic E-state index is 14.6. The zero-order valence-corrected chi connectivity index (χ0v) is 21.4. The fourth-order valence-electron chi connectivity index (χ4n) is 6.93. The van der Waals surface area contributed by atoms with Crippen LogP contribution in [0.15, 0.2) is 103 Å². The molecular weight excluding hydrogens is 523 g/mol. The average Bonchev–Trinajstić information content (AvgIpc) is 3.43. The standard InChI is InChI=1S/C33H21FN2O5/c34-22-14-15-26-20(17-22)13-16-27-33(31(38)24-11-4-5-12-25(24)32(33)39)28(21-9-6-10-23(18-21)36(40)41)29(35(26)27)30(37)19-7-2-1-3-8-19/h1-18,27-29H/t27-,28+,29-/m1/s1. The van der Waals surface area contributed by atoms with Crippen LogP contribution in [0.1, 0.15) is 48.1 Å². The van der Waals surface area contributed by atoms with Crippen molar-refractivity contribution in [3.05, 3.63) is 147 Å². The minimum absolute atomic E-state index is 0.221. The number of nitro benzene ring substituents is 1. The second-order valence-corrected chi connectivity index (χ2v) is 10.5. The molecule has 3 aliphatic rings. The van der Waals surface area contributed by atoms with Crippen LogP contribution in [0.25, 0.3) is 6.08 Å². The number of Topliss-reactive ketones (excluding diaryl/α,β-unsaturated/α-hetero) is 3. The summed E-state index contributed by atoms with van der Waals surface area (Å²) in [6.45, 7) is 0. The van der Waals surface area contributed by atoms with E-state index in [2.05, 4.69) is 0 Å². The molecule has 1 fully saturated rings. The van der Waals surface area contributed by atoms with E-state index in [1.807, 2.05) is 0 Å². The van der Waals surface area contributed by atoms with Crippen LogP contribution in [0, 0.1) is 21.3 Å². The summed E-state index contributed by atoms with van der Waals surface area (Å²) < 4.78 is 14.3. The van der Waals surface area contributed by atoms with E-state index in [4.69, 9.17) is 0 Å². The lowest BCUT2D eigenvalue weighted by Crippen LogP contribution is -2.48. The number of ketones is 3. The summed E-state index contributed by atoms with van der Waals surface area (Å²) in [5.74, 6) is -2.80. The third-order valence-electron chi connectivity index (χ3n) is 8.53. The number of halogens is 1. The van der Waals surface area contributed by atoms with Gasteiger partial charge in [-0.3, -0.25) is 24.5 Å². The van der Waals surface area contributed by atoms with Gasteiger partial charge in [0.2, 0.25) is 0 Å². The molecule has 1 saturated heterocycles. The summed E-state index contributed by atoms with van der Waals surface area (Å²) in [6, 6.07) is 23.0. The average molecular weight is 545 g/mol.